The summed E-state index contributed by atoms with van der Waals surface area (Å²) in [5.41, 5.74) is 5.36. The van der Waals surface area contributed by atoms with E-state index in [1.165, 1.54) is 0 Å². The van der Waals surface area contributed by atoms with Crippen LogP contribution in [0, 0.1) is 0 Å². The summed E-state index contributed by atoms with van der Waals surface area (Å²) in [6, 6.07) is 9.68. The molecule has 3 aliphatic rings. The topological polar surface area (TPSA) is 99.7 Å². The number of hydrogen-bond donors (Lipinski definition) is 2. The zero-order valence-corrected chi connectivity index (χ0v) is 18.7. The quantitative estimate of drug-likeness (QED) is 0.616. The number of rotatable bonds is 4. The molecular formula is C25H24N6O3. The van der Waals surface area contributed by atoms with Gasteiger partial charge in [-0.2, -0.15) is 0 Å². The molecule has 0 radical (unpaired) electrons. The number of urea groups is 1. The van der Waals surface area contributed by atoms with Gasteiger partial charge < -0.3 is 20.3 Å². The average Bonchev–Trinajstić information content (AvgIpc) is 3.47. The molecule has 0 spiro atoms. The van der Waals surface area contributed by atoms with E-state index in [2.05, 4.69) is 20.6 Å². The van der Waals surface area contributed by atoms with E-state index in [1.54, 1.807) is 17.3 Å². The molecule has 0 unspecified atom stereocenters. The predicted molar refractivity (Wildman–Crippen MR) is 129 cm³/mol. The summed E-state index contributed by atoms with van der Waals surface area (Å²) in [6.45, 7) is 3.99. The Morgan fingerprint density at radius 1 is 1.03 bits per heavy atom. The molecule has 3 aromatic rings. The van der Waals surface area contributed by atoms with Gasteiger partial charge in [-0.3, -0.25) is 14.7 Å². The van der Waals surface area contributed by atoms with Gasteiger partial charge in [-0.05, 0) is 37.6 Å². The van der Waals surface area contributed by atoms with Crippen LogP contribution >= 0.6 is 0 Å². The largest absolute Gasteiger partial charge is 0.485 e. The molecule has 0 aliphatic carbocycles. The Hall–Kier alpha value is -4.14. The fraction of sp³-hybridized carbons (Fsp3) is 0.280. The Morgan fingerprint density at radius 2 is 1.94 bits per heavy atom. The number of benzene rings is 1. The molecule has 172 valence electrons. The van der Waals surface area contributed by atoms with Crippen LogP contribution < -0.4 is 25.2 Å². The number of ether oxygens (including phenoxy) is 1. The number of carbonyl (C=O) groups is 2. The van der Waals surface area contributed by atoms with E-state index in [9.17, 15) is 9.59 Å². The van der Waals surface area contributed by atoms with E-state index in [0.717, 1.165) is 52.5 Å². The molecule has 2 N–H and O–H groups in total. The van der Waals surface area contributed by atoms with Gasteiger partial charge >= 0.3 is 6.03 Å². The summed E-state index contributed by atoms with van der Waals surface area (Å²) in [6.07, 6.45) is 6.54. The number of amides is 3. The first-order valence-electron chi connectivity index (χ1n) is 11.5. The lowest BCUT2D eigenvalue weighted by Gasteiger charge is -2.28. The van der Waals surface area contributed by atoms with E-state index < -0.39 is 0 Å². The van der Waals surface area contributed by atoms with Crippen LogP contribution in [0.4, 0.5) is 27.7 Å². The summed E-state index contributed by atoms with van der Waals surface area (Å²) in [5, 5.41) is 6.10. The first-order valence-corrected chi connectivity index (χ1v) is 11.5. The van der Waals surface area contributed by atoms with Crippen molar-refractivity contribution in [3.63, 3.8) is 0 Å². The summed E-state index contributed by atoms with van der Waals surface area (Å²) >= 11 is 0. The highest BCUT2D eigenvalue weighted by molar-refractivity contribution is 5.96. The van der Waals surface area contributed by atoms with Crippen molar-refractivity contribution in [2.75, 3.05) is 34.8 Å². The van der Waals surface area contributed by atoms with Crippen molar-refractivity contribution in [1.82, 2.24) is 15.3 Å². The number of anilines is 4. The fourth-order valence-corrected chi connectivity index (χ4v) is 4.78. The van der Waals surface area contributed by atoms with Crippen molar-refractivity contribution in [2.24, 2.45) is 0 Å². The number of pyridine rings is 2. The van der Waals surface area contributed by atoms with Crippen LogP contribution in [0.5, 0.6) is 5.75 Å². The third-order valence-electron chi connectivity index (χ3n) is 6.48. The molecule has 5 heterocycles. The van der Waals surface area contributed by atoms with E-state index in [-0.39, 0.29) is 18.0 Å². The Bertz CT molecular complexity index is 1310. The van der Waals surface area contributed by atoms with Crippen LogP contribution in [-0.2, 0) is 4.79 Å². The van der Waals surface area contributed by atoms with Crippen LogP contribution in [0.3, 0.4) is 0 Å². The lowest BCUT2D eigenvalue weighted by atomic mass is 9.94. The summed E-state index contributed by atoms with van der Waals surface area (Å²) in [4.78, 5) is 36.5. The monoisotopic (exact) mass is 456 g/mol. The second-order valence-electron chi connectivity index (χ2n) is 8.69. The van der Waals surface area contributed by atoms with Crippen molar-refractivity contribution in [3.8, 4) is 16.9 Å². The van der Waals surface area contributed by atoms with Gasteiger partial charge in [0, 0.05) is 60.7 Å². The minimum Gasteiger partial charge on any atom is -0.485 e. The van der Waals surface area contributed by atoms with Gasteiger partial charge in [-0.25, -0.2) is 9.78 Å². The Morgan fingerprint density at radius 3 is 2.74 bits per heavy atom. The third kappa shape index (κ3) is 3.49. The van der Waals surface area contributed by atoms with Crippen molar-refractivity contribution < 1.29 is 14.3 Å². The molecule has 1 atom stereocenters. The molecule has 1 aromatic carbocycles. The number of nitrogens with one attached hydrogen (secondary N) is 2. The fourth-order valence-electron chi connectivity index (χ4n) is 4.78. The normalized spacial score (nSPS) is 18.9. The number of aromatic nitrogens is 2. The summed E-state index contributed by atoms with van der Waals surface area (Å²) < 4.78 is 6.24. The Labute approximate surface area is 196 Å². The van der Waals surface area contributed by atoms with Gasteiger partial charge in [0.2, 0.25) is 5.91 Å². The second kappa shape index (κ2) is 8.02. The molecule has 2 aromatic heterocycles. The molecule has 2 saturated heterocycles. The molecule has 9 heteroatoms. The van der Waals surface area contributed by atoms with Crippen LogP contribution in [-0.4, -0.2) is 41.5 Å². The molecule has 3 aliphatic heterocycles. The maximum atomic E-state index is 12.1. The highest BCUT2D eigenvalue weighted by Crippen LogP contribution is 2.44. The maximum absolute atomic E-state index is 12.1. The minimum atomic E-state index is -0.173. The van der Waals surface area contributed by atoms with Gasteiger partial charge in [0.1, 0.15) is 17.7 Å². The number of fused-ring (bicyclic) bond motifs is 3. The second-order valence-corrected chi connectivity index (χ2v) is 8.69. The lowest BCUT2D eigenvalue weighted by molar-refractivity contribution is -0.117. The number of carbonyl (C=O) groups excluding carboxylic acids is 2. The Kier molecular flexibility index (Phi) is 4.83. The number of nitrogens with zero attached hydrogens (tertiary/aromatic N) is 4. The van der Waals surface area contributed by atoms with Crippen LogP contribution in [0.25, 0.3) is 11.1 Å². The lowest BCUT2D eigenvalue weighted by Crippen LogP contribution is -2.27. The van der Waals surface area contributed by atoms with E-state index in [1.807, 2.05) is 48.4 Å². The van der Waals surface area contributed by atoms with Gasteiger partial charge in [-0.1, -0.05) is 0 Å². The van der Waals surface area contributed by atoms with Gasteiger partial charge in [0.05, 0.1) is 23.8 Å². The highest BCUT2D eigenvalue weighted by Gasteiger charge is 2.27. The standard InChI is InChI=1S/C25H24N6O3/c1-15-20-11-23(29-16-9-18(13-26-12-16)31-8-6-27-25(31)33)28-14-21(20)19-5-4-17(10-22(19)34-15)30-7-2-3-24(30)32/h4-5,9-15H,2-3,6-8H2,1H3,(H,27,33)(H,28,29)/t15-/m0/s1. The number of hydrogen-bond acceptors (Lipinski definition) is 6. The van der Waals surface area contributed by atoms with Gasteiger partial charge in [-0.15, -0.1) is 0 Å². The molecular weight excluding hydrogens is 432 g/mol. The third-order valence-corrected chi connectivity index (χ3v) is 6.48. The SMILES string of the molecule is C[C@@H]1Oc2cc(N3CCCC3=O)ccc2-c2cnc(Nc3cncc(N4CCNC4=O)c3)cc21. The van der Waals surface area contributed by atoms with Crippen LogP contribution in [0.1, 0.15) is 31.4 Å². The average molecular weight is 457 g/mol. The van der Waals surface area contributed by atoms with Crippen molar-refractivity contribution in [2.45, 2.75) is 25.9 Å². The highest BCUT2D eigenvalue weighted by atomic mass is 16.5. The zero-order chi connectivity index (χ0) is 23.2. The molecule has 6 rings (SSSR count). The molecule has 9 nitrogen and oxygen atoms in total. The van der Waals surface area contributed by atoms with Crippen molar-refractivity contribution in [3.05, 3.63) is 54.5 Å². The molecule has 0 bridgehead atoms. The summed E-state index contributed by atoms with van der Waals surface area (Å²) in [7, 11) is 0. The van der Waals surface area contributed by atoms with Crippen molar-refractivity contribution in [1.29, 1.82) is 0 Å². The maximum Gasteiger partial charge on any atom is 0.322 e. The van der Waals surface area contributed by atoms with E-state index in [0.29, 0.717) is 25.3 Å². The smallest absolute Gasteiger partial charge is 0.322 e. The molecule has 3 amide bonds. The van der Waals surface area contributed by atoms with E-state index in [4.69, 9.17) is 4.74 Å². The first-order chi connectivity index (χ1) is 16.6. The zero-order valence-electron chi connectivity index (χ0n) is 18.7. The molecule has 0 saturated carbocycles. The predicted octanol–water partition coefficient (Wildman–Crippen LogP) is 4.00. The molecule has 34 heavy (non-hydrogen) atoms. The first kappa shape index (κ1) is 20.5. The van der Waals surface area contributed by atoms with Crippen molar-refractivity contribution >= 4 is 34.8 Å². The molecule has 2 fully saturated rings. The van der Waals surface area contributed by atoms with Crippen LogP contribution in [0.15, 0.2) is 48.9 Å². The minimum absolute atomic E-state index is 0.118. The van der Waals surface area contributed by atoms with Gasteiger partial charge in [0.15, 0.2) is 0 Å². The van der Waals surface area contributed by atoms with E-state index >= 15 is 0 Å². The Balaban J connectivity index is 1.28. The van der Waals surface area contributed by atoms with Crippen LogP contribution in [0.2, 0.25) is 0 Å². The summed E-state index contributed by atoms with van der Waals surface area (Å²) in [5.74, 6) is 1.59. The van der Waals surface area contributed by atoms with Gasteiger partial charge in [0.25, 0.3) is 0 Å².